The van der Waals surface area contributed by atoms with Gasteiger partial charge in [0.15, 0.2) is 23.3 Å². The van der Waals surface area contributed by atoms with Crippen LogP contribution in [0.2, 0.25) is 0 Å². The van der Waals surface area contributed by atoms with Crippen LogP contribution < -0.4 is 10.2 Å². The molecule has 184 valence electrons. The molecule has 1 saturated heterocycles. The first-order valence-electron chi connectivity index (χ1n) is 12.0. The highest BCUT2D eigenvalue weighted by Gasteiger charge is 2.43. The van der Waals surface area contributed by atoms with E-state index in [2.05, 4.69) is 36.6 Å². The Bertz CT molecular complexity index is 1240. The molecule has 2 fully saturated rings. The maximum Gasteiger partial charge on any atom is 0.242 e. The molecule has 6 rings (SSSR count). The molecular formula is C24H26F3N7O. The van der Waals surface area contributed by atoms with Crippen LogP contribution in [0.15, 0.2) is 24.4 Å². The first-order valence-corrected chi connectivity index (χ1v) is 12.0. The molecule has 4 heterocycles. The topological polar surface area (TPSA) is 81.0 Å². The molecule has 0 amide bonds. The molecule has 4 atom stereocenters. The van der Waals surface area contributed by atoms with Crippen LogP contribution in [-0.4, -0.2) is 50.7 Å². The van der Waals surface area contributed by atoms with Crippen LogP contribution in [0.3, 0.4) is 0 Å². The van der Waals surface area contributed by atoms with Crippen molar-refractivity contribution in [3.63, 3.8) is 0 Å². The molecule has 1 aliphatic carbocycles. The number of hydrogen-bond acceptors (Lipinski definition) is 7. The third kappa shape index (κ3) is 4.01. The fourth-order valence-corrected chi connectivity index (χ4v) is 5.69. The summed E-state index contributed by atoms with van der Waals surface area (Å²) in [6, 6.07) is 4.40. The molecule has 1 N–H and O–H groups in total. The lowest BCUT2D eigenvalue weighted by Crippen LogP contribution is -2.48. The number of aromatic nitrogens is 5. The van der Waals surface area contributed by atoms with Gasteiger partial charge in [0.1, 0.15) is 6.10 Å². The number of anilines is 2. The first-order chi connectivity index (χ1) is 17.0. The summed E-state index contributed by atoms with van der Waals surface area (Å²) in [6.07, 6.45) is 3.72. The second kappa shape index (κ2) is 8.78. The van der Waals surface area contributed by atoms with Crippen molar-refractivity contribution in [1.82, 2.24) is 25.0 Å². The van der Waals surface area contributed by atoms with E-state index in [9.17, 15) is 13.2 Å². The Morgan fingerprint density at radius 1 is 1.09 bits per heavy atom. The van der Waals surface area contributed by atoms with Gasteiger partial charge in [-0.3, -0.25) is 0 Å². The van der Waals surface area contributed by atoms with Crippen molar-refractivity contribution in [2.75, 3.05) is 29.9 Å². The van der Waals surface area contributed by atoms with Gasteiger partial charge in [-0.25, -0.2) is 17.9 Å². The summed E-state index contributed by atoms with van der Waals surface area (Å²) >= 11 is 0. The molecule has 3 aliphatic rings. The molecule has 1 saturated carbocycles. The van der Waals surface area contributed by atoms with Gasteiger partial charge >= 0.3 is 0 Å². The van der Waals surface area contributed by atoms with Gasteiger partial charge in [-0.05, 0) is 56.2 Å². The molecule has 1 aromatic carbocycles. The van der Waals surface area contributed by atoms with E-state index < -0.39 is 23.6 Å². The van der Waals surface area contributed by atoms with Crippen molar-refractivity contribution in [3.05, 3.63) is 58.9 Å². The van der Waals surface area contributed by atoms with Crippen molar-refractivity contribution in [3.8, 4) is 0 Å². The number of rotatable bonds is 4. The number of aryl methyl sites for hydroxylation is 2. The van der Waals surface area contributed by atoms with Gasteiger partial charge in [0, 0.05) is 37.8 Å². The van der Waals surface area contributed by atoms with Gasteiger partial charge in [-0.15, -0.1) is 5.10 Å². The van der Waals surface area contributed by atoms with Crippen LogP contribution in [0.25, 0.3) is 0 Å². The largest absolute Gasteiger partial charge is 0.369 e. The first kappa shape index (κ1) is 22.3. The molecule has 2 bridgehead atoms. The Labute approximate surface area is 200 Å². The lowest BCUT2D eigenvalue weighted by molar-refractivity contribution is 0.0780. The highest BCUT2D eigenvalue weighted by molar-refractivity contribution is 5.46. The molecule has 0 radical (unpaired) electrons. The van der Waals surface area contributed by atoms with E-state index in [-0.39, 0.29) is 11.6 Å². The lowest BCUT2D eigenvalue weighted by Gasteiger charge is -2.39. The van der Waals surface area contributed by atoms with Crippen LogP contribution in [0.5, 0.6) is 0 Å². The molecule has 35 heavy (non-hydrogen) atoms. The van der Waals surface area contributed by atoms with Crippen LogP contribution in [0.4, 0.5) is 24.8 Å². The summed E-state index contributed by atoms with van der Waals surface area (Å²) in [7, 11) is 0. The van der Waals surface area contributed by atoms with E-state index in [1.807, 2.05) is 13.1 Å². The number of nitrogens with zero attached hydrogens (tertiary/aromatic N) is 6. The maximum absolute atomic E-state index is 14.6. The van der Waals surface area contributed by atoms with Gasteiger partial charge in [0.2, 0.25) is 5.95 Å². The third-order valence-electron chi connectivity index (χ3n) is 7.34. The van der Waals surface area contributed by atoms with E-state index in [1.165, 1.54) is 6.07 Å². The van der Waals surface area contributed by atoms with Crippen LogP contribution in [-0.2, 0) is 11.3 Å². The molecule has 8 nitrogen and oxygen atoms in total. The Kier molecular flexibility index (Phi) is 5.58. The molecule has 2 unspecified atom stereocenters. The van der Waals surface area contributed by atoms with E-state index >= 15 is 0 Å². The molecular weight excluding hydrogens is 459 g/mol. The second-order valence-electron chi connectivity index (χ2n) is 9.61. The highest BCUT2D eigenvalue weighted by atomic mass is 19.2. The summed E-state index contributed by atoms with van der Waals surface area (Å²) < 4.78 is 49.5. The minimum absolute atomic E-state index is 0.0827. The number of hydrogen-bond donors (Lipinski definition) is 1. The zero-order valence-corrected chi connectivity index (χ0v) is 19.3. The fraction of sp³-hybridized carbons (Fsp3) is 0.500. The second-order valence-corrected chi connectivity index (χ2v) is 9.61. The number of ether oxygens (including phenoxy) is 1. The predicted molar refractivity (Wildman–Crippen MR) is 121 cm³/mol. The molecule has 2 aromatic heterocycles. The Morgan fingerprint density at radius 2 is 1.89 bits per heavy atom. The summed E-state index contributed by atoms with van der Waals surface area (Å²) in [5.41, 5.74) is 1.90. The zero-order chi connectivity index (χ0) is 24.1. The lowest BCUT2D eigenvalue weighted by atomic mass is 9.92. The van der Waals surface area contributed by atoms with Gasteiger partial charge < -0.3 is 15.0 Å². The monoisotopic (exact) mass is 485 g/mol. The molecule has 0 spiro atoms. The minimum Gasteiger partial charge on any atom is -0.369 e. The van der Waals surface area contributed by atoms with Crippen LogP contribution in [0, 0.1) is 36.2 Å². The summed E-state index contributed by atoms with van der Waals surface area (Å²) in [5, 5.41) is 16.3. The van der Waals surface area contributed by atoms with Gasteiger partial charge in [-0.2, -0.15) is 15.2 Å². The Hall–Kier alpha value is -3.21. The number of benzene rings is 1. The summed E-state index contributed by atoms with van der Waals surface area (Å²) in [6.45, 7) is 4.63. The Balaban J connectivity index is 1.24. The van der Waals surface area contributed by atoms with Gasteiger partial charge in [-0.1, -0.05) is 0 Å². The van der Waals surface area contributed by atoms with Crippen molar-refractivity contribution < 1.29 is 17.9 Å². The van der Waals surface area contributed by atoms with Crippen molar-refractivity contribution in [2.24, 2.45) is 11.8 Å². The third-order valence-corrected chi connectivity index (χ3v) is 7.34. The average Bonchev–Trinajstić information content (AvgIpc) is 3.25. The van der Waals surface area contributed by atoms with Crippen LogP contribution >= 0.6 is 0 Å². The van der Waals surface area contributed by atoms with Gasteiger partial charge in [0.25, 0.3) is 0 Å². The van der Waals surface area contributed by atoms with Gasteiger partial charge in [0.05, 0.1) is 17.6 Å². The SMILES string of the molecule is Cc1cc(N2C[C@H]3CC[C@@H](C2)C3Nc2nc3n(n2)CCCOC3c2ccc(F)c(F)c2F)cnn1. The van der Waals surface area contributed by atoms with E-state index in [1.54, 1.807) is 4.68 Å². The van der Waals surface area contributed by atoms with E-state index in [4.69, 9.17) is 4.74 Å². The quantitative estimate of drug-likeness (QED) is 0.566. The van der Waals surface area contributed by atoms with E-state index in [0.717, 1.165) is 43.4 Å². The predicted octanol–water partition coefficient (Wildman–Crippen LogP) is 3.63. The average molecular weight is 486 g/mol. The molecule has 3 aromatic rings. The summed E-state index contributed by atoms with van der Waals surface area (Å²) in [5.74, 6) is -2.33. The number of fused-ring (bicyclic) bond motifs is 3. The number of halogens is 3. The standard InChI is InChI=1S/C24H26F3N7O/c1-13-9-16(10-28-31-13)33-11-14-3-4-15(12-33)21(14)29-24-30-23-22(35-8-2-7-34(23)32-24)17-5-6-18(25)20(27)19(17)26/h5-6,9-10,14-15,21-22H,2-4,7-8,11-12H2,1H3,(H,29,32)/t14-,15+,21?,22?. The normalized spacial score (nSPS) is 25.9. The summed E-state index contributed by atoms with van der Waals surface area (Å²) in [4.78, 5) is 7.01. The van der Waals surface area contributed by atoms with Crippen molar-refractivity contribution in [2.45, 2.75) is 44.9 Å². The fourth-order valence-electron chi connectivity index (χ4n) is 5.69. The number of nitrogens with one attached hydrogen (secondary N) is 1. The zero-order valence-electron chi connectivity index (χ0n) is 19.3. The highest BCUT2D eigenvalue weighted by Crippen LogP contribution is 2.40. The minimum atomic E-state index is -1.51. The van der Waals surface area contributed by atoms with Crippen LogP contribution in [0.1, 0.15) is 42.4 Å². The maximum atomic E-state index is 14.6. The number of piperidine rings is 1. The van der Waals surface area contributed by atoms with E-state index in [0.29, 0.717) is 43.2 Å². The van der Waals surface area contributed by atoms with Crippen molar-refractivity contribution >= 4 is 11.6 Å². The van der Waals surface area contributed by atoms with Crippen molar-refractivity contribution in [1.29, 1.82) is 0 Å². The smallest absolute Gasteiger partial charge is 0.242 e. The molecule has 2 aliphatic heterocycles. The molecule has 11 heteroatoms. The Morgan fingerprint density at radius 3 is 2.66 bits per heavy atom.